The predicted molar refractivity (Wildman–Crippen MR) is 103 cm³/mol. The van der Waals surface area contributed by atoms with Crippen LogP contribution in [0.3, 0.4) is 0 Å². The number of carbonyl (C=O) groups is 1. The molecule has 9 heteroatoms. The lowest BCUT2D eigenvalue weighted by Crippen LogP contribution is -2.51. The standard InChI is InChI=1S/C19H24N6O3/c1-19(2,20)18(27)21-14(12-28-11-13-7-5-4-6-8-13)15-22-23-16-17(26)24(3)9-10-25(15)16/h4-10,14H,11-12,20H2,1-3H3,(H,21,27)/t14-/m1/s1. The molecule has 3 aromatic rings. The molecule has 0 aliphatic carbocycles. The van der Waals surface area contributed by atoms with Crippen molar-refractivity contribution in [3.8, 4) is 0 Å². The quantitative estimate of drug-likeness (QED) is 0.614. The van der Waals surface area contributed by atoms with E-state index in [9.17, 15) is 9.59 Å². The molecule has 0 unspecified atom stereocenters. The van der Waals surface area contributed by atoms with E-state index in [1.807, 2.05) is 30.3 Å². The van der Waals surface area contributed by atoms with Crippen molar-refractivity contribution in [2.24, 2.45) is 12.8 Å². The zero-order valence-electron chi connectivity index (χ0n) is 16.1. The van der Waals surface area contributed by atoms with Gasteiger partial charge in [-0.1, -0.05) is 30.3 Å². The Kier molecular flexibility index (Phi) is 5.57. The van der Waals surface area contributed by atoms with E-state index in [0.717, 1.165) is 5.56 Å². The van der Waals surface area contributed by atoms with E-state index in [2.05, 4.69) is 15.5 Å². The molecule has 3 rings (SSSR count). The molecule has 1 aromatic carbocycles. The molecule has 2 heterocycles. The van der Waals surface area contributed by atoms with Gasteiger partial charge in [-0.2, -0.15) is 0 Å². The van der Waals surface area contributed by atoms with Gasteiger partial charge in [0.15, 0.2) is 5.82 Å². The number of nitrogens with one attached hydrogen (secondary N) is 1. The fraction of sp³-hybridized carbons (Fsp3) is 0.368. The van der Waals surface area contributed by atoms with Gasteiger partial charge in [-0.05, 0) is 19.4 Å². The molecular formula is C19H24N6O3. The monoisotopic (exact) mass is 384 g/mol. The topological polar surface area (TPSA) is 117 Å². The van der Waals surface area contributed by atoms with Crippen LogP contribution in [0.15, 0.2) is 47.5 Å². The van der Waals surface area contributed by atoms with Gasteiger partial charge in [-0.15, -0.1) is 10.2 Å². The molecule has 2 aromatic heterocycles. The van der Waals surface area contributed by atoms with Crippen molar-refractivity contribution < 1.29 is 9.53 Å². The van der Waals surface area contributed by atoms with Crippen LogP contribution < -0.4 is 16.6 Å². The van der Waals surface area contributed by atoms with Crippen LogP contribution in [0.2, 0.25) is 0 Å². The first-order valence-corrected chi connectivity index (χ1v) is 8.89. The van der Waals surface area contributed by atoms with Crippen LogP contribution in [0.4, 0.5) is 0 Å². The molecule has 0 bridgehead atoms. The zero-order valence-corrected chi connectivity index (χ0v) is 16.1. The maximum atomic E-state index is 12.4. The van der Waals surface area contributed by atoms with E-state index in [1.165, 1.54) is 4.57 Å². The summed E-state index contributed by atoms with van der Waals surface area (Å²) in [6.07, 6.45) is 3.29. The molecule has 28 heavy (non-hydrogen) atoms. The normalized spacial score (nSPS) is 12.9. The Morgan fingerprint density at radius 1 is 1.25 bits per heavy atom. The first-order valence-electron chi connectivity index (χ1n) is 8.89. The number of carbonyl (C=O) groups excluding carboxylic acids is 1. The van der Waals surface area contributed by atoms with Crippen LogP contribution in [-0.4, -0.2) is 37.2 Å². The number of nitrogens with zero attached hydrogens (tertiary/aromatic N) is 4. The molecule has 0 aliphatic rings. The van der Waals surface area contributed by atoms with Crippen molar-refractivity contribution in [1.29, 1.82) is 0 Å². The van der Waals surface area contributed by atoms with E-state index < -0.39 is 11.6 Å². The summed E-state index contributed by atoms with van der Waals surface area (Å²) in [6, 6.07) is 9.06. The van der Waals surface area contributed by atoms with Gasteiger partial charge >= 0.3 is 0 Å². The summed E-state index contributed by atoms with van der Waals surface area (Å²) in [7, 11) is 1.63. The van der Waals surface area contributed by atoms with Crippen LogP contribution >= 0.6 is 0 Å². The molecule has 9 nitrogen and oxygen atoms in total. The van der Waals surface area contributed by atoms with Gasteiger partial charge in [-0.3, -0.25) is 14.0 Å². The van der Waals surface area contributed by atoms with E-state index in [0.29, 0.717) is 12.4 Å². The van der Waals surface area contributed by atoms with Gasteiger partial charge in [0.2, 0.25) is 11.6 Å². The fourth-order valence-electron chi connectivity index (χ4n) is 2.62. The molecule has 0 fully saturated rings. The first kappa shape index (κ1) is 19.7. The Balaban J connectivity index is 1.86. The highest BCUT2D eigenvalue weighted by Gasteiger charge is 2.28. The van der Waals surface area contributed by atoms with Crippen LogP contribution in [0.5, 0.6) is 0 Å². The van der Waals surface area contributed by atoms with Gasteiger partial charge in [0.05, 0.1) is 18.8 Å². The highest BCUT2D eigenvalue weighted by atomic mass is 16.5. The highest BCUT2D eigenvalue weighted by Crippen LogP contribution is 2.14. The Morgan fingerprint density at radius 2 is 1.96 bits per heavy atom. The zero-order chi connectivity index (χ0) is 20.3. The van der Waals surface area contributed by atoms with Gasteiger partial charge in [0.1, 0.15) is 6.04 Å². The van der Waals surface area contributed by atoms with Crippen molar-refractivity contribution in [2.45, 2.75) is 32.0 Å². The molecule has 1 atom stereocenters. The lowest BCUT2D eigenvalue weighted by atomic mass is 10.1. The summed E-state index contributed by atoms with van der Waals surface area (Å²) in [5.41, 5.74) is 5.73. The minimum Gasteiger partial charge on any atom is -0.374 e. The molecule has 0 radical (unpaired) electrons. The summed E-state index contributed by atoms with van der Waals surface area (Å²) < 4.78 is 8.77. The number of hydrogen-bond acceptors (Lipinski definition) is 6. The molecule has 0 saturated carbocycles. The number of aryl methyl sites for hydroxylation is 1. The SMILES string of the molecule is Cn1ccn2c([C@@H](COCc3ccccc3)NC(=O)C(C)(C)N)nnc2c1=O. The summed E-state index contributed by atoms with van der Waals surface area (Å²) >= 11 is 0. The second-order valence-electron chi connectivity index (χ2n) is 7.21. The minimum atomic E-state index is -1.08. The van der Waals surface area contributed by atoms with Crippen molar-refractivity contribution in [3.63, 3.8) is 0 Å². The average molecular weight is 384 g/mol. The number of amides is 1. The van der Waals surface area contributed by atoms with E-state index >= 15 is 0 Å². The van der Waals surface area contributed by atoms with E-state index in [-0.39, 0.29) is 23.7 Å². The van der Waals surface area contributed by atoms with Crippen molar-refractivity contribution in [1.82, 2.24) is 24.5 Å². The number of aromatic nitrogens is 4. The number of benzene rings is 1. The number of nitrogens with two attached hydrogens (primary N) is 1. The molecule has 0 spiro atoms. The molecule has 3 N–H and O–H groups in total. The van der Waals surface area contributed by atoms with Gasteiger partial charge in [0.25, 0.3) is 5.56 Å². The van der Waals surface area contributed by atoms with Crippen LogP contribution in [0, 0.1) is 0 Å². The Bertz CT molecular complexity index is 1020. The van der Waals surface area contributed by atoms with Gasteiger partial charge in [-0.25, -0.2) is 0 Å². The van der Waals surface area contributed by atoms with Crippen LogP contribution in [0.25, 0.3) is 5.65 Å². The van der Waals surface area contributed by atoms with Crippen molar-refractivity contribution in [2.75, 3.05) is 6.61 Å². The summed E-state index contributed by atoms with van der Waals surface area (Å²) in [5.74, 6) is 0.0414. The molecular weight excluding hydrogens is 360 g/mol. The predicted octanol–water partition coefficient (Wildman–Crippen LogP) is 0.539. The third kappa shape index (κ3) is 4.26. The first-order chi connectivity index (χ1) is 13.3. The lowest BCUT2D eigenvalue weighted by Gasteiger charge is -2.23. The second-order valence-corrected chi connectivity index (χ2v) is 7.21. The maximum absolute atomic E-state index is 12.4. The maximum Gasteiger partial charge on any atom is 0.295 e. The molecule has 148 valence electrons. The second kappa shape index (κ2) is 7.91. The lowest BCUT2D eigenvalue weighted by molar-refractivity contribution is -0.126. The largest absolute Gasteiger partial charge is 0.374 e. The minimum absolute atomic E-state index is 0.146. The van der Waals surface area contributed by atoms with Gasteiger partial charge in [0, 0.05) is 19.4 Å². The van der Waals surface area contributed by atoms with Crippen molar-refractivity contribution >= 4 is 11.6 Å². The molecule has 1 amide bonds. The summed E-state index contributed by atoms with van der Waals surface area (Å²) in [6.45, 7) is 3.74. The number of hydrogen-bond donors (Lipinski definition) is 2. The number of ether oxygens (including phenoxy) is 1. The molecule has 0 saturated heterocycles. The van der Waals surface area contributed by atoms with Crippen LogP contribution in [-0.2, 0) is 23.2 Å². The summed E-state index contributed by atoms with van der Waals surface area (Å²) in [5, 5.41) is 11.0. The number of rotatable bonds is 7. The van der Waals surface area contributed by atoms with Gasteiger partial charge < -0.3 is 20.4 Å². The van der Waals surface area contributed by atoms with Crippen LogP contribution in [0.1, 0.15) is 31.3 Å². The number of fused-ring (bicyclic) bond motifs is 1. The molecule has 0 aliphatic heterocycles. The third-order valence-electron chi connectivity index (χ3n) is 4.27. The smallest absolute Gasteiger partial charge is 0.295 e. The fourth-order valence-corrected chi connectivity index (χ4v) is 2.62. The Hall–Kier alpha value is -3.04. The van der Waals surface area contributed by atoms with E-state index in [4.69, 9.17) is 10.5 Å². The van der Waals surface area contributed by atoms with E-state index in [1.54, 1.807) is 37.7 Å². The third-order valence-corrected chi connectivity index (χ3v) is 4.27. The van der Waals surface area contributed by atoms with Crippen molar-refractivity contribution in [3.05, 3.63) is 64.5 Å². The average Bonchev–Trinajstić information content (AvgIpc) is 3.08. The Morgan fingerprint density at radius 3 is 2.64 bits per heavy atom. The highest BCUT2D eigenvalue weighted by molar-refractivity contribution is 5.85. The Labute approximate surface area is 162 Å². The summed E-state index contributed by atoms with van der Waals surface area (Å²) in [4.78, 5) is 24.7.